The van der Waals surface area contributed by atoms with Crippen LogP contribution in [0.3, 0.4) is 0 Å². The summed E-state index contributed by atoms with van der Waals surface area (Å²) in [4.78, 5) is 14.6. The Balaban J connectivity index is 0.00000182. The summed E-state index contributed by atoms with van der Waals surface area (Å²) >= 11 is 0. The van der Waals surface area contributed by atoms with Gasteiger partial charge in [-0.25, -0.2) is 8.78 Å². The van der Waals surface area contributed by atoms with Gasteiger partial charge in [-0.2, -0.15) is 0 Å². The zero-order chi connectivity index (χ0) is 16.8. The highest BCUT2D eigenvalue weighted by Gasteiger charge is 2.48. The first-order valence-corrected chi connectivity index (χ1v) is 8.20. The zero-order valence-corrected chi connectivity index (χ0v) is 14.4. The Bertz CT molecular complexity index is 807. The summed E-state index contributed by atoms with van der Waals surface area (Å²) in [5.41, 5.74) is 8.58. The summed E-state index contributed by atoms with van der Waals surface area (Å²) in [5, 5.41) is 0. The molecule has 1 amide bonds. The molecule has 1 saturated carbocycles. The third kappa shape index (κ3) is 2.97. The van der Waals surface area contributed by atoms with Crippen LogP contribution in [0.15, 0.2) is 36.4 Å². The molecular formula is C19H19ClF2N2O. The van der Waals surface area contributed by atoms with Crippen LogP contribution in [-0.2, 0) is 11.2 Å². The molecule has 2 atom stereocenters. The molecule has 4 rings (SSSR count). The highest BCUT2D eigenvalue weighted by Crippen LogP contribution is 2.51. The lowest BCUT2D eigenvalue weighted by atomic mass is 9.99. The lowest BCUT2D eigenvalue weighted by Gasteiger charge is -2.30. The van der Waals surface area contributed by atoms with Crippen LogP contribution in [0.25, 0.3) is 0 Å². The molecular weight excluding hydrogens is 346 g/mol. The van der Waals surface area contributed by atoms with E-state index in [-0.39, 0.29) is 35.7 Å². The molecule has 6 heteroatoms. The van der Waals surface area contributed by atoms with Crippen molar-refractivity contribution >= 4 is 29.7 Å². The van der Waals surface area contributed by atoms with E-state index in [4.69, 9.17) is 5.73 Å². The van der Waals surface area contributed by atoms with Crippen molar-refractivity contribution in [3.8, 4) is 0 Å². The monoisotopic (exact) mass is 364 g/mol. The third-order valence-electron chi connectivity index (χ3n) is 5.03. The number of rotatable bonds is 2. The first-order valence-electron chi connectivity index (χ1n) is 8.20. The van der Waals surface area contributed by atoms with E-state index in [2.05, 4.69) is 0 Å². The number of hydrogen-bond acceptors (Lipinski definition) is 2. The fourth-order valence-corrected chi connectivity index (χ4v) is 3.73. The highest BCUT2D eigenvalue weighted by molar-refractivity contribution is 5.99. The topological polar surface area (TPSA) is 46.3 Å². The minimum Gasteiger partial charge on any atom is -0.398 e. The number of nitrogens with zero attached hydrogens (tertiary/aromatic N) is 1. The van der Waals surface area contributed by atoms with Crippen molar-refractivity contribution in [1.29, 1.82) is 0 Å². The van der Waals surface area contributed by atoms with Crippen LogP contribution >= 0.6 is 12.4 Å². The minimum absolute atomic E-state index is 0. The van der Waals surface area contributed by atoms with Crippen molar-refractivity contribution in [3.05, 3.63) is 59.2 Å². The highest BCUT2D eigenvalue weighted by atomic mass is 35.5. The Hall–Kier alpha value is -2.14. The number of amides is 1. The van der Waals surface area contributed by atoms with Crippen LogP contribution in [0.1, 0.15) is 29.9 Å². The Morgan fingerprint density at radius 3 is 2.52 bits per heavy atom. The van der Waals surface area contributed by atoms with Crippen molar-refractivity contribution in [2.24, 2.45) is 5.92 Å². The fourth-order valence-electron chi connectivity index (χ4n) is 3.73. The van der Waals surface area contributed by atoms with Crippen LogP contribution in [0.2, 0.25) is 0 Å². The van der Waals surface area contributed by atoms with E-state index in [1.165, 1.54) is 18.2 Å². The van der Waals surface area contributed by atoms with E-state index in [1.807, 2.05) is 18.2 Å². The van der Waals surface area contributed by atoms with E-state index in [0.717, 1.165) is 24.1 Å². The maximum absolute atomic E-state index is 13.9. The summed E-state index contributed by atoms with van der Waals surface area (Å²) in [5.74, 6) is -1.93. The maximum atomic E-state index is 13.9. The second-order valence-corrected chi connectivity index (χ2v) is 6.52. The quantitative estimate of drug-likeness (QED) is 0.817. The van der Waals surface area contributed by atoms with Gasteiger partial charge in [-0.3, -0.25) is 4.79 Å². The SMILES string of the molecule is Cl.Nc1cccc2c1CCCN2C(=O)C1CC1c1c(F)cccc1F. The van der Waals surface area contributed by atoms with E-state index in [0.29, 0.717) is 18.7 Å². The molecule has 3 nitrogen and oxygen atoms in total. The molecule has 0 radical (unpaired) electrons. The van der Waals surface area contributed by atoms with Gasteiger partial charge < -0.3 is 10.6 Å². The normalized spacial score (nSPS) is 21.3. The van der Waals surface area contributed by atoms with E-state index < -0.39 is 11.6 Å². The van der Waals surface area contributed by atoms with Gasteiger partial charge in [0.15, 0.2) is 0 Å². The van der Waals surface area contributed by atoms with Crippen LogP contribution < -0.4 is 10.6 Å². The van der Waals surface area contributed by atoms with Gasteiger partial charge in [-0.05, 0) is 49.1 Å². The molecule has 2 aromatic carbocycles. The largest absolute Gasteiger partial charge is 0.398 e. The number of nitrogen functional groups attached to an aromatic ring is 1. The van der Waals surface area contributed by atoms with Crippen LogP contribution in [-0.4, -0.2) is 12.5 Å². The zero-order valence-electron chi connectivity index (χ0n) is 13.5. The summed E-state index contributed by atoms with van der Waals surface area (Å²) in [6, 6.07) is 9.40. The molecule has 2 N–H and O–H groups in total. The number of fused-ring (bicyclic) bond motifs is 1. The molecule has 1 heterocycles. The minimum atomic E-state index is -0.571. The molecule has 0 aromatic heterocycles. The second kappa shape index (κ2) is 6.64. The average Bonchev–Trinajstić information content (AvgIpc) is 3.34. The Kier molecular flexibility index (Phi) is 4.69. The van der Waals surface area contributed by atoms with Crippen molar-refractivity contribution in [2.75, 3.05) is 17.2 Å². The molecule has 2 aliphatic rings. The van der Waals surface area contributed by atoms with Crippen molar-refractivity contribution in [1.82, 2.24) is 0 Å². The number of benzene rings is 2. The fraction of sp³-hybridized carbons (Fsp3) is 0.316. The van der Waals surface area contributed by atoms with Crippen LogP contribution in [0, 0.1) is 17.6 Å². The summed E-state index contributed by atoms with van der Waals surface area (Å²) < 4.78 is 27.9. The first kappa shape index (κ1) is 17.7. The van der Waals surface area contributed by atoms with Crippen molar-refractivity contribution < 1.29 is 13.6 Å². The number of halogens is 3. The number of anilines is 2. The molecule has 2 aromatic rings. The molecule has 1 aliphatic heterocycles. The molecule has 132 valence electrons. The summed E-state index contributed by atoms with van der Waals surface area (Å²) in [6.07, 6.45) is 2.19. The van der Waals surface area contributed by atoms with Crippen LogP contribution in [0.4, 0.5) is 20.2 Å². The average molecular weight is 365 g/mol. The molecule has 0 bridgehead atoms. The standard InChI is InChI=1S/C19H18F2N2O.ClH/c20-14-5-1-6-15(21)18(14)12-10-13(12)19(24)23-9-3-4-11-16(22)7-2-8-17(11)23;/h1-2,5-8,12-13H,3-4,9-10,22H2;1H. The molecule has 0 saturated heterocycles. The van der Waals surface area contributed by atoms with Crippen molar-refractivity contribution in [2.45, 2.75) is 25.2 Å². The molecule has 1 fully saturated rings. The number of nitrogens with two attached hydrogens (primary N) is 1. The lowest BCUT2D eigenvalue weighted by molar-refractivity contribution is -0.120. The van der Waals surface area contributed by atoms with E-state index in [9.17, 15) is 13.6 Å². The second-order valence-electron chi connectivity index (χ2n) is 6.52. The van der Waals surface area contributed by atoms with Gasteiger partial charge in [0.25, 0.3) is 0 Å². The predicted molar refractivity (Wildman–Crippen MR) is 96.0 cm³/mol. The molecule has 1 aliphatic carbocycles. The molecule has 25 heavy (non-hydrogen) atoms. The first-order chi connectivity index (χ1) is 11.6. The Morgan fingerprint density at radius 2 is 1.80 bits per heavy atom. The smallest absolute Gasteiger partial charge is 0.230 e. The lowest BCUT2D eigenvalue weighted by Crippen LogP contribution is -2.37. The van der Waals surface area contributed by atoms with Gasteiger partial charge in [-0.15, -0.1) is 12.4 Å². The van der Waals surface area contributed by atoms with Gasteiger partial charge in [0.2, 0.25) is 5.91 Å². The predicted octanol–water partition coefficient (Wildman–Crippen LogP) is 4.05. The number of carbonyl (C=O) groups is 1. The van der Waals surface area contributed by atoms with E-state index >= 15 is 0 Å². The maximum Gasteiger partial charge on any atom is 0.230 e. The molecule has 2 unspecified atom stereocenters. The van der Waals surface area contributed by atoms with Gasteiger partial charge in [0.05, 0.1) is 0 Å². The Morgan fingerprint density at radius 1 is 1.12 bits per heavy atom. The molecule has 0 spiro atoms. The van der Waals surface area contributed by atoms with Gasteiger partial charge in [0.1, 0.15) is 11.6 Å². The van der Waals surface area contributed by atoms with Crippen molar-refractivity contribution in [3.63, 3.8) is 0 Å². The van der Waals surface area contributed by atoms with Gasteiger partial charge in [-0.1, -0.05) is 12.1 Å². The third-order valence-corrected chi connectivity index (χ3v) is 5.03. The van der Waals surface area contributed by atoms with Gasteiger partial charge >= 0.3 is 0 Å². The number of carbonyl (C=O) groups excluding carboxylic acids is 1. The van der Waals surface area contributed by atoms with Gasteiger partial charge in [0, 0.05) is 35.3 Å². The van der Waals surface area contributed by atoms with E-state index in [1.54, 1.807) is 4.90 Å². The number of hydrogen-bond donors (Lipinski definition) is 1. The summed E-state index contributed by atoms with van der Waals surface area (Å²) in [6.45, 7) is 0.623. The van der Waals surface area contributed by atoms with Crippen LogP contribution in [0.5, 0.6) is 0 Å². The Labute approximate surface area is 151 Å². The summed E-state index contributed by atoms with van der Waals surface area (Å²) in [7, 11) is 0.